The van der Waals surface area contributed by atoms with Crippen LogP contribution in [0.25, 0.3) is 0 Å². The van der Waals surface area contributed by atoms with Crippen molar-refractivity contribution in [3.8, 4) is 0 Å². The maximum absolute atomic E-state index is 12.6. The van der Waals surface area contributed by atoms with Gasteiger partial charge in [0.15, 0.2) is 0 Å². The summed E-state index contributed by atoms with van der Waals surface area (Å²) in [6, 6.07) is -5.35. The van der Waals surface area contributed by atoms with Crippen LogP contribution in [0.5, 0.6) is 0 Å². The molecule has 0 aromatic heterocycles. The van der Waals surface area contributed by atoms with Crippen molar-refractivity contribution in [1.82, 2.24) is 21.3 Å². The first-order valence-corrected chi connectivity index (χ1v) is 12.8. The Labute approximate surface area is 234 Å². The van der Waals surface area contributed by atoms with Crippen molar-refractivity contribution >= 4 is 59.6 Å². The van der Waals surface area contributed by atoms with Crippen LogP contribution in [-0.4, -0.2) is 117 Å². The van der Waals surface area contributed by atoms with E-state index in [1.54, 1.807) is 6.26 Å². The first kappa shape index (κ1) is 39.2. The van der Waals surface area contributed by atoms with Gasteiger partial charge in [0, 0.05) is 13.3 Å². The van der Waals surface area contributed by atoms with Crippen molar-refractivity contribution in [3.05, 3.63) is 0 Å². The second-order valence-corrected chi connectivity index (χ2v) is 8.91. The molecule has 0 saturated carbocycles. The van der Waals surface area contributed by atoms with E-state index in [1.165, 1.54) is 11.8 Å². The van der Waals surface area contributed by atoms with Crippen molar-refractivity contribution in [1.29, 1.82) is 0 Å². The van der Waals surface area contributed by atoms with Gasteiger partial charge >= 0.3 is 24.1 Å². The summed E-state index contributed by atoms with van der Waals surface area (Å²) in [5.74, 6) is -8.21. The van der Waals surface area contributed by atoms with Crippen LogP contribution in [0.2, 0.25) is 0 Å². The zero-order valence-corrected chi connectivity index (χ0v) is 22.5. The number of hydrogen-bond donors (Lipinski definition) is 8. The monoisotopic (exact) mass is 620 g/mol. The number of carbonyl (C=O) groups excluding carboxylic acids is 5. The highest BCUT2D eigenvalue weighted by atomic mass is 32.2. The molecule has 0 aliphatic carbocycles. The summed E-state index contributed by atoms with van der Waals surface area (Å²) in [4.78, 5) is 90.4. The molecule has 0 aromatic carbocycles. The molecule has 41 heavy (non-hydrogen) atoms. The lowest BCUT2D eigenvalue weighted by Crippen LogP contribution is -2.58. The average Bonchev–Trinajstić information content (AvgIpc) is 2.85. The van der Waals surface area contributed by atoms with Gasteiger partial charge < -0.3 is 46.5 Å². The first-order valence-electron chi connectivity index (χ1n) is 11.4. The van der Waals surface area contributed by atoms with Crippen LogP contribution in [0, 0.1) is 0 Å². The summed E-state index contributed by atoms with van der Waals surface area (Å²) in [5, 5.41) is 43.3. The van der Waals surface area contributed by atoms with Crippen LogP contribution >= 0.6 is 11.8 Å². The largest absolute Gasteiger partial charge is 0.490 e. The van der Waals surface area contributed by atoms with Gasteiger partial charge in [0.1, 0.15) is 24.4 Å². The van der Waals surface area contributed by atoms with E-state index in [-0.39, 0.29) is 19.1 Å². The van der Waals surface area contributed by atoms with Crippen LogP contribution in [0.3, 0.4) is 0 Å². The van der Waals surface area contributed by atoms with Gasteiger partial charge in [0.05, 0.1) is 19.1 Å². The Morgan fingerprint density at radius 2 is 1.27 bits per heavy atom. The number of aldehydes is 1. The predicted octanol–water partition coefficient (Wildman–Crippen LogP) is -2.14. The highest BCUT2D eigenvalue weighted by molar-refractivity contribution is 7.98. The zero-order chi connectivity index (χ0) is 32.3. The number of hydrogen-bond acceptors (Lipinski definition) is 10. The molecule has 0 rings (SSSR count). The number of carboxylic acid groups (broad SMARTS) is 3. The fraction of sp³-hybridized carbons (Fsp3) is 0.619. The Hall–Kier alpha value is -3.94. The Morgan fingerprint density at radius 1 is 0.805 bits per heavy atom. The molecule has 4 amide bonds. The maximum Gasteiger partial charge on any atom is 0.490 e. The number of aliphatic carboxylic acids is 3. The van der Waals surface area contributed by atoms with Gasteiger partial charge in [-0.25, -0.2) is 4.79 Å². The number of rotatable bonds is 17. The van der Waals surface area contributed by atoms with Gasteiger partial charge in [0.25, 0.3) is 0 Å². The number of aliphatic hydroxyl groups excluding tert-OH is 1. The lowest BCUT2D eigenvalue weighted by molar-refractivity contribution is -0.192. The minimum absolute atomic E-state index is 0.0939. The molecule has 0 fully saturated rings. The van der Waals surface area contributed by atoms with Gasteiger partial charge in [-0.1, -0.05) is 0 Å². The average molecular weight is 621 g/mol. The zero-order valence-electron chi connectivity index (χ0n) is 21.7. The number of carbonyl (C=O) groups is 8. The molecule has 16 nitrogen and oxygen atoms in total. The third-order valence-corrected chi connectivity index (χ3v) is 5.17. The minimum Gasteiger partial charge on any atom is -0.481 e. The summed E-state index contributed by atoms with van der Waals surface area (Å²) < 4.78 is 31.7. The smallest absolute Gasteiger partial charge is 0.481 e. The molecule has 8 N–H and O–H groups in total. The van der Waals surface area contributed by atoms with Gasteiger partial charge in [-0.2, -0.15) is 24.9 Å². The summed E-state index contributed by atoms with van der Waals surface area (Å²) in [5.41, 5.74) is 0. The highest BCUT2D eigenvalue weighted by Gasteiger charge is 2.38. The van der Waals surface area contributed by atoms with E-state index >= 15 is 0 Å². The van der Waals surface area contributed by atoms with Crippen molar-refractivity contribution in [3.63, 3.8) is 0 Å². The number of aliphatic hydroxyl groups is 1. The number of thioether (sulfide) groups is 1. The quantitative estimate of drug-likeness (QED) is 0.0808. The molecule has 0 aliphatic heterocycles. The van der Waals surface area contributed by atoms with E-state index in [4.69, 9.17) is 20.1 Å². The van der Waals surface area contributed by atoms with E-state index in [2.05, 4.69) is 21.3 Å². The summed E-state index contributed by atoms with van der Waals surface area (Å²) in [7, 11) is 0. The van der Waals surface area contributed by atoms with E-state index in [0.29, 0.717) is 5.75 Å². The van der Waals surface area contributed by atoms with Crippen molar-refractivity contribution in [2.24, 2.45) is 0 Å². The molecular weight excluding hydrogens is 589 g/mol. The maximum atomic E-state index is 12.6. The molecule has 0 bridgehead atoms. The van der Waals surface area contributed by atoms with E-state index < -0.39 is 91.3 Å². The van der Waals surface area contributed by atoms with Gasteiger partial charge in [-0.3, -0.25) is 28.8 Å². The van der Waals surface area contributed by atoms with E-state index in [0.717, 1.165) is 6.92 Å². The molecule has 20 heteroatoms. The second-order valence-electron chi connectivity index (χ2n) is 7.92. The first-order chi connectivity index (χ1) is 18.9. The predicted molar refractivity (Wildman–Crippen MR) is 132 cm³/mol. The summed E-state index contributed by atoms with van der Waals surface area (Å²) in [6.07, 6.45) is -4.37. The van der Waals surface area contributed by atoms with E-state index in [1.807, 2.05) is 0 Å². The Bertz CT molecular complexity index is 951. The Kier molecular flexibility index (Phi) is 19.1. The van der Waals surface area contributed by atoms with Crippen molar-refractivity contribution < 1.29 is 72.0 Å². The molecular formula is C21H31F3N4O12S. The van der Waals surface area contributed by atoms with Gasteiger partial charge in [-0.05, 0) is 24.9 Å². The molecule has 0 aliphatic rings. The third kappa shape index (κ3) is 18.9. The van der Waals surface area contributed by atoms with Gasteiger partial charge in [-0.15, -0.1) is 0 Å². The number of carboxylic acids is 3. The minimum atomic E-state index is -5.08. The molecule has 0 aromatic rings. The molecule has 0 unspecified atom stereocenters. The van der Waals surface area contributed by atoms with Crippen LogP contribution in [0.1, 0.15) is 32.6 Å². The Balaban J connectivity index is 0. The fourth-order valence-corrected chi connectivity index (χ4v) is 3.10. The summed E-state index contributed by atoms with van der Waals surface area (Å²) in [6.45, 7) is 0.235. The molecule has 0 radical (unpaired) electrons. The highest BCUT2D eigenvalue weighted by Crippen LogP contribution is 2.13. The van der Waals surface area contributed by atoms with Crippen LogP contribution in [0.4, 0.5) is 13.2 Å². The summed E-state index contributed by atoms with van der Waals surface area (Å²) >= 11 is 1.35. The van der Waals surface area contributed by atoms with Gasteiger partial charge in [0.2, 0.25) is 23.6 Å². The van der Waals surface area contributed by atoms with Crippen LogP contribution in [-0.2, 0) is 38.4 Å². The molecule has 4 atom stereocenters. The third-order valence-electron chi connectivity index (χ3n) is 4.53. The lowest BCUT2D eigenvalue weighted by atomic mass is 10.1. The standard InChI is InChI=1S/C19H30N4O10S.C2HF3O2/c1-10(26)20-12(3-4-15(27)28)18(32)23-14(9-25)19(33)22-13(5-6-34-2)17(31)21-11(8-24)7-16(29)30;3-2(4,5)1(6)7/h8,11-14,25H,3-7,9H2,1-2H3,(H,20,26)(H,21,31)(H,22,33)(H,23,32)(H,27,28)(H,29,30);(H,6,7)/t11-,12-,13-,14-;/m0./s1. The number of halogens is 3. The Morgan fingerprint density at radius 3 is 1.66 bits per heavy atom. The molecule has 234 valence electrons. The van der Waals surface area contributed by atoms with Crippen molar-refractivity contribution in [2.75, 3.05) is 18.6 Å². The fourth-order valence-electron chi connectivity index (χ4n) is 2.63. The van der Waals surface area contributed by atoms with E-state index in [9.17, 15) is 51.8 Å². The van der Waals surface area contributed by atoms with Crippen LogP contribution in [0.15, 0.2) is 0 Å². The van der Waals surface area contributed by atoms with Crippen molar-refractivity contribution in [2.45, 2.75) is 63.0 Å². The number of nitrogens with one attached hydrogen (secondary N) is 4. The molecule has 0 spiro atoms. The SMILES string of the molecule is CSCC[C@H](NC(=O)[C@H](CO)NC(=O)[C@H](CCC(=O)O)NC(C)=O)C(=O)N[C@H](C=O)CC(=O)O.O=C(O)C(F)(F)F. The lowest BCUT2D eigenvalue weighted by Gasteiger charge is -2.24. The number of amides is 4. The molecule has 0 saturated heterocycles. The second kappa shape index (κ2) is 20.0. The normalized spacial score (nSPS) is 13.5. The van der Waals surface area contributed by atoms with Crippen LogP contribution < -0.4 is 21.3 Å². The molecule has 0 heterocycles. The number of alkyl halides is 3. The topological polar surface area (TPSA) is 266 Å².